The fourth-order valence-electron chi connectivity index (χ4n) is 1.99. The predicted molar refractivity (Wildman–Crippen MR) is 83.5 cm³/mol. The first-order valence-electron chi connectivity index (χ1n) is 6.71. The molecule has 2 aromatic rings. The lowest BCUT2D eigenvalue weighted by Gasteiger charge is -2.10. The quantitative estimate of drug-likeness (QED) is 0.844. The van der Waals surface area contributed by atoms with E-state index in [0.717, 1.165) is 29.4 Å². The third-order valence-electron chi connectivity index (χ3n) is 3.08. The molecule has 0 saturated heterocycles. The minimum absolute atomic E-state index is 0.265. The second-order valence-corrected chi connectivity index (χ2v) is 4.95. The molecule has 110 valence electrons. The van der Waals surface area contributed by atoms with Crippen LogP contribution in [0.1, 0.15) is 12.6 Å². The number of ether oxygens (including phenoxy) is 2. The average molecular weight is 304 g/mol. The summed E-state index contributed by atoms with van der Waals surface area (Å²) in [6, 6.07) is 7.59. The maximum absolute atomic E-state index is 5.33. The summed E-state index contributed by atoms with van der Waals surface area (Å²) in [6.45, 7) is 3.76. The van der Waals surface area contributed by atoms with Crippen LogP contribution < -0.4 is 20.1 Å². The van der Waals surface area contributed by atoms with Crippen LogP contribution in [0.15, 0.2) is 30.5 Å². The molecule has 0 amide bonds. The Kier molecular flexibility index (Phi) is 3.92. The summed E-state index contributed by atoms with van der Waals surface area (Å²) in [4.78, 5) is 0. The van der Waals surface area contributed by atoms with Crippen LogP contribution >= 0.6 is 12.2 Å². The molecule has 1 aromatic carbocycles. The van der Waals surface area contributed by atoms with Crippen molar-refractivity contribution >= 4 is 23.0 Å². The Hall–Kier alpha value is -2.28. The van der Waals surface area contributed by atoms with E-state index >= 15 is 0 Å². The molecular weight excluding hydrogens is 288 g/mol. The van der Waals surface area contributed by atoms with E-state index in [-0.39, 0.29) is 6.79 Å². The molecule has 0 aliphatic carbocycles. The van der Waals surface area contributed by atoms with Crippen molar-refractivity contribution in [3.8, 4) is 11.5 Å². The van der Waals surface area contributed by atoms with Crippen molar-refractivity contribution in [1.29, 1.82) is 0 Å². The molecule has 0 fully saturated rings. The smallest absolute Gasteiger partial charge is 0.231 e. The highest BCUT2D eigenvalue weighted by atomic mass is 32.1. The second-order valence-electron chi connectivity index (χ2n) is 4.54. The van der Waals surface area contributed by atoms with E-state index in [2.05, 4.69) is 22.7 Å². The topological polar surface area (TPSA) is 60.3 Å². The fourth-order valence-corrected chi connectivity index (χ4v) is 2.18. The molecular formula is C14H16N4O2S. The average Bonchev–Trinajstić information content (AvgIpc) is 3.13. The van der Waals surface area contributed by atoms with Crippen molar-refractivity contribution in [2.45, 2.75) is 20.0 Å². The van der Waals surface area contributed by atoms with Gasteiger partial charge >= 0.3 is 0 Å². The van der Waals surface area contributed by atoms with Crippen LogP contribution in [0.2, 0.25) is 0 Å². The zero-order chi connectivity index (χ0) is 14.7. The minimum atomic E-state index is 0.265. The SMILES string of the molecule is CCn1ccc(CNC(=S)Nc2ccc3c(c2)OCO3)n1. The highest BCUT2D eigenvalue weighted by molar-refractivity contribution is 7.80. The van der Waals surface area contributed by atoms with E-state index in [1.165, 1.54) is 0 Å². The van der Waals surface area contributed by atoms with Crippen molar-refractivity contribution in [2.24, 2.45) is 0 Å². The predicted octanol–water partition coefficient (Wildman–Crippen LogP) is 2.12. The summed E-state index contributed by atoms with van der Waals surface area (Å²) in [5.41, 5.74) is 1.81. The van der Waals surface area contributed by atoms with Gasteiger partial charge in [-0.1, -0.05) is 0 Å². The van der Waals surface area contributed by atoms with Gasteiger partial charge in [0.15, 0.2) is 16.6 Å². The van der Waals surface area contributed by atoms with Crippen LogP contribution in [0.4, 0.5) is 5.69 Å². The first-order chi connectivity index (χ1) is 10.2. The molecule has 6 nitrogen and oxygen atoms in total. The lowest BCUT2D eigenvalue weighted by atomic mass is 10.3. The van der Waals surface area contributed by atoms with E-state index in [1.807, 2.05) is 35.1 Å². The molecule has 0 saturated carbocycles. The monoisotopic (exact) mass is 304 g/mol. The van der Waals surface area contributed by atoms with Crippen LogP contribution in [0, 0.1) is 0 Å². The van der Waals surface area contributed by atoms with E-state index in [0.29, 0.717) is 11.7 Å². The van der Waals surface area contributed by atoms with Crippen LogP contribution in [0.5, 0.6) is 11.5 Å². The van der Waals surface area contributed by atoms with Crippen LogP contribution in [-0.4, -0.2) is 21.7 Å². The first kappa shape index (κ1) is 13.7. The van der Waals surface area contributed by atoms with E-state index < -0.39 is 0 Å². The van der Waals surface area contributed by atoms with E-state index in [4.69, 9.17) is 21.7 Å². The number of aryl methyl sites for hydroxylation is 1. The number of rotatable bonds is 4. The van der Waals surface area contributed by atoms with Crippen LogP contribution in [-0.2, 0) is 13.1 Å². The van der Waals surface area contributed by atoms with Crippen molar-refractivity contribution in [2.75, 3.05) is 12.1 Å². The molecule has 2 heterocycles. The molecule has 0 bridgehead atoms. The van der Waals surface area contributed by atoms with Gasteiger partial charge in [0.2, 0.25) is 6.79 Å². The number of thiocarbonyl (C=S) groups is 1. The number of hydrogen-bond donors (Lipinski definition) is 2. The standard InChI is InChI=1S/C14H16N4O2S/c1-2-18-6-5-11(17-18)8-15-14(21)16-10-3-4-12-13(7-10)20-9-19-12/h3-7H,2,8-9H2,1H3,(H2,15,16,21). The maximum Gasteiger partial charge on any atom is 0.231 e. The first-order valence-corrected chi connectivity index (χ1v) is 7.12. The van der Waals surface area contributed by atoms with Gasteiger partial charge in [-0.3, -0.25) is 4.68 Å². The summed E-state index contributed by atoms with van der Waals surface area (Å²) < 4.78 is 12.5. The van der Waals surface area contributed by atoms with Crippen LogP contribution in [0.3, 0.4) is 0 Å². The van der Waals surface area contributed by atoms with Gasteiger partial charge in [-0.25, -0.2) is 0 Å². The third kappa shape index (κ3) is 3.25. The Morgan fingerprint density at radius 3 is 3.00 bits per heavy atom. The summed E-state index contributed by atoms with van der Waals surface area (Å²) in [5, 5.41) is 11.2. The molecule has 0 radical (unpaired) electrons. The number of fused-ring (bicyclic) bond motifs is 1. The number of anilines is 1. The second kappa shape index (κ2) is 6.01. The minimum Gasteiger partial charge on any atom is -0.454 e. The highest BCUT2D eigenvalue weighted by Crippen LogP contribution is 2.34. The zero-order valence-corrected chi connectivity index (χ0v) is 12.4. The lowest BCUT2D eigenvalue weighted by Crippen LogP contribution is -2.28. The van der Waals surface area contributed by atoms with E-state index in [1.54, 1.807) is 0 Å². The lowest BCUT2D eigenvalue weighted by molar-refractivity contribution is 0.174. The highest BCUT2D eigenvalue weighted by Gasteiger charge is 2.13. The number of aromatic nitrogens is 2. The molecule has 0 spiro atoms. The summed E-state index contributed by atoms with van der Waals surface area (Å²) in [6.07, 6.45) is 1.95. The third-order valence-corrected chi connectivity index (χ3v) is 3.33. The molecule has 0 atom stereocenters. The van der Waals surface area contributed by atoms with Crippen molar-refractivity contribution in [3.63, 3.8) is 0 Å². The Morgan fingerprint density at radius 1 is 1.33 bits per heavy atom. The Balaban J connectivity index is 1.54. The van der Waals surface area contributed by atoms with Gasteiger partial charge < -0.3 is 20.1 Å². The summed E-state index contributed by atoms with van der Waals surface area (Å²) in [7, 11) is 0. The maximum atomic E-state index is 5.33. The number of benzene rings is 1. The summed E-state index contributed by atoms with van der Waals surface area (Å²) >= 11 is 5.27. The Bertz CT molecular complexity index is 656. The van der Waals surface area contributed by atoms with Gasteiger partial charge in [-0.15, -0.1) is 0 Å². The molecule has 0 unspecified atom stereocenters. The largest absolute Gasteiger partial charge is 0.454 e. The Labute approximate surface area is 128 Å². The molecule has 21 heavy (non-hydrogen) atoms. The molecule has 2 N–H and O–H groups in total. The number of nitrogens with zero attached hydrogens (tertiary/aromatic N) is 2. The molecule has 1 aliphatic rings. The summed E-state index contributed by atoms with van der Waals surface area (Å²) in [5.74, 6) is 1.48. The zero-order valence-electron chi connectivity index (χ0n) is 11.6. The van der Waals surface area contributed by atoms with Gasteiger partial charge in [-0.2, -0.15) is 5.10 Å². The van der Waals surface area contributed by atoms with E-state index in [9.17, 15) is 0 Å². The Morgan fingerprint density at radius 2 is 2.19 bits per heavy atom. The van der Waals surface area contributed by atoms with Gasteiger partial charge in [0.1, 0.15) is 0 Å². The molecule has 7 heteroatoms. The van der Waals surface area contributed by atoms with Crippen molar-refractivity contribution in [3.05, 3.63) is 36.2 Å². The van der Waals surface area contributed by atoms with Gasteiger partial charge in [0, 0.05) is 24.5 Å². The molecule has 1 aromatic heterocycles. The number of hydrogen-bond acceptors (Lipinski definition) is 4. The number of nitrogens with one attached hydrogen (secondary N) is 2. The van der Waals surface area contributed by atoms with Gasteiger partial charge in [0.25, 0.3) is 0 Å². The van der Waals surface area contributed by atoms with Crippen molar-refractivity contribution in [1.82, 2.24) is 15.1 Å². The van der Waals surface area contributed by atoms with Gasteiger partial charge in [0.05, 0.1) is 12.2 Å². The van der Waals surface area contributed by atoms with Crippen LogP contribution in [0.25, 0.3) is 0 Å². The van der Waals surface area contributed by atoms with Crippen molar-refractivity contribution < 1.29 is 9.47 Å². The van der Waals surface area contributed by atoms with Gasteiger partial charge in [-0.05, 0) is 37.3 Å². The fraction of sp³-hybridized carbons (Fsp3) is 0.286. The normalized spacial score (nSPS) is 12.2. The molecule has 3 rings (SSSR count). The molecule has 1 aliphatic heterocycles.